The average molecular weight is 426 g/mol. The molecule has 0 radical (unpaired) electrons. The molecular formula is C18H17Cl2N3O3S. The lowest BCUT2D eigenvalue weighted by Gasteiger charge is -2.04. The molecule has 9 heteroatoms. The Labute approximate surface area is 169 Å². The summed E-state index contributed by atoms with van der Waals surface area (Å²) in [6.45, 7) is 0. The van der Waals surface area contributed by atoms with E-state index in [4.69, 9.17) is 27.6 Å². The molecule has 0 bridgehead atoms. The van der Waals surface area contributed by atoms with E-state index in [2.05, 4.69) is 16.0 Å². The molecule has 0 aliphatic heterocycles. The molecule has 0 saturated heterocycles. The van der Waals surface area contributed by atoms with Crippen molar-refractivity contribution >= 4 is 51.9 Å². The number of benzene rings is 2. The van der Waals surface area contributed by atoms with Gasteiger partial charge in [0.1, 0.15) is 0 Å². The predicted molar refractivity (Wildman–Crippen MR) is 110 cm³/mol. The molecular weight excluding hydrogens is 409 g/mol. The summed E-state index contributed by atoms with van der Waals surface area (Å²) in [6.07, 6.45) is 2.18. The number of halogens is 2. The summed E-state index contributed by atoms with van der Waals surface area (Å²) in [4.78, 5) is 16.2. The number of carbonyl (C=O) groups is 1. The van der Waals surface area contributed by atoms with E-state index >= 15 is 0 Å². The Kier molecular flexibility index (Phi) is 7.55. The molecule has 0 spiro atoms. The van der Waals surface area contributed by atoms with E-state index in [1.165, 1.54) is 7.05 Å². The van der Waals surface area contributed by atoms with Gasteiger partial charge in [0.2, 0.25) is 11.8 Å². The van der Waals surface area contributed by atoms with E-state index in [1.807, 2.05) is 0 Å². The zero-order valence-electron chi connectivity index (χ0n) is 14.5. The van der Waals surface area contributed by atoms with Gasteiger partial charge < -0.3 is 15.5 Å². The molecule has 1 unspecified atom stereocenters. The number of hydrogen-bond acceptors (Lipinski definition) is 6. The van der Waals surface area contributed by atoms with Crippen LogP contribution in [0.15, 0.2) is 51.8 Å². The first-order chi connectivity index (χ1) is 13.0. The summed E-state index contributed by atoms with van der Waals surface area (Å²) in [5.74, 6) is 0.317. The van der Waals surface area contributed by atoms with Gasteiger partial charge in [0.25, 0.3) is 0 Å². The van der Waals surface area contributed by atoms with Crippen molar-refractivity contribution in [2.75, 3.05) is 18.6 Å². The fourth-order valence-electron chi connectivity index (χ4n) is 2.17. The monoisotopic (exact) mass is 425 g/mol. The maximum Gasteiger partial charge on any atom is 0.232 e. The summed E-state index contributed by atoms with van der Waals surface area (Å²) in [6, 6.07) is 11.9. The molecule has 3 rings (SSSR count). The van der Waals surface area contributed by atoms with Crippen molar-refractivity contribution in [2.24, 2.45) is 5.73 Å². The molecule has 1 heterocycles. The molecule has 0 saturated carbocycles. The fraction of sp³-hybridized carbons (Fsp3) is 0.111. The zero-order valence-corrected chi connectivity index (χ0v) is 16.9. The molecule has 0 aliphatic rings. The van der Waals surface area contributed by atoms with E-state index in [-0.39, 0.29) is 17.5 Å². The van der Waals surface area contributed by atoms with Crippen molar-refractivity contribution in [2.45, 2.75) is 4.90 Å². The quantitative estimate of drug-likeness (QED) is 0.583. The lowest BCUT2D eigenvalue weighted by Crippen LogP contribution is -1.94. The average Bonchev–Trinajstić information content (AvgIpc) is 3.06. The largest absolute Gasteiger partial charge is 0.419 e. The Balaban J connectivity index is 0.00000126. The van der Waals surface area contributed by atoms with Gasteiger partial charge in [-0.3, -0.25) is 9.00 Å². The van der Waals surface area contributed by atoms with Gasteiger partial charge in [-0.2, -0.15) is 0 Å². The van der Waals surface area contributed by atoms with Crippen LogP contribution in [0.1, 0.15) is 10.5 Å². The zero-order chi connectivity index (χ0) is 20.0. The molecule has 1 atom stereocenters. The molecule has 0 amide bonds. The predicted octanol–water partition coefficient (Wildman–Crippen LogP) is 4.52. The van der Waals surface area contributed by atoms with Crippen LogP contribution in [0.4, 0.5) is 11.6 Å². The number of carbonyl (C=O) groups excluding carboxylic acids is 1. The molecule has 27 heavy (non-hydrogen) atoms. The van der Waals surface area contributed by atoms with Crippen LogP contribution >= 0.6 is 23.2 Å². The van der Waals surface area contributed by atoms with Crippen molar-refractivity contribution in [3.8, 4) is 11.5 Å². The van der Waals surface area contributed by atoms with Gasteiger partial charge in [-0.25, -0.2) is 4.98 Å². The van der Waals surface area contributed by atoms with Crippen LogP contribution in [0.25, 0.3) is 11.5 Å². The topological polar surface area (TPSA) is 98.2 Å². The van der Waals surface area contributed by atoms with Crippen molar-refractivity contribution in [1.29, 1.82) is 0 Å². The summed E-state index contributed by atoms with van der Waals surface area (Å²) in [7, 11) is 0.435. The number of nitrogens with one attached hydrogen (secondary N) is 1. The van der Waals surface area contributed by atoms with Gasteiger partial charge in [-0.15, -0.1) is 0 Å². The number of aldehydes is 1. The lowest BCUT2D eigenvalue weighted by atomic mass is 10.2. The number of anilines is 2. The number of rotatable bonds is 5. The Hall–Kier alpha value is -2.19. The number of hydrogen-bond donors (Lipinski definition) is 2. The minimum Gasteiger partial charge on any atom is -0.419 e. The standard InChI is InChI=1S/C17H12Cl2N2O3S.CH5N/c1-25(23)11-7-5-10(6-8-11)20-16-14(9-22)21-17(24-16)15-12(18)3-2-4-13(15)19;1-2/h2-9,20H,1H3;2H2,1H3. The molecule has 142 valence electrons. The van der Waals surface area contributed by atoms with Crippen molar-refractivity contribution in [3.63, 3.8) is 0 Å². The second-order valence-electron chi connectivity index (χ2n) is 5.05. The summed E-state index contributed by atoms with van der Waals surface area (Å²) in [5.41, 5.74) is 5.66. The van der Waals surface area contributed by atoms with Crippen LogP contribution in [0, 0.1) is 0 Å². The Morgan fingerprint density at radius 3 is 2.22 bits per heavy atom. The van der Waals surface area contributed by atoms with Crippen LogP contribution in [0.5, 0.6) is 0 Å². The molecule has 3 N–H and O–H groups in total. The van der Waals surface area contributed by atoms with E-state index in [0.29, 0.717) is 32.5 Å². The first kappa shape index (κ1) is 21.1. The third-order valence-corrected chi connectivity index (χ3v) is 4.95. The minimum atomic E-state index is -1.06. The SMILES string of the molecule is CN.CS(=O)c1ccc(Nc2oc(-c3c(Cl)cccc3Cl)nc2C=O)cc1. The smallest absolute Gasteiger partial charge is 0.232 e. The molecule has 0 aliphatic carbocycles. The van der Waals surface area contributed by atoms with Crippen molar-refractivity contribution < 1.29 is 13.4 Å². The Bertz CT molecular complexity index is 939. The first-order valence-electron chi connectivity index (χ1n) is 7.68. The van der Waals surface area contributed by atoms with Crippen LogP contribution in [-0.2, 0) is 10.8 Å². The number of oxazole rings is 1. The van der Waals surface area contributed by atoms with Gasteiger partial charge in [-0.1, -0.05) is 29.3 Å². The maximum absolute atomic E-state index is 11.4. The van der Waals surface area contributed by atoms with Crippen LogP contribution < -0.4 is 11.1 Å². The highest BCUT2D eigenvalue weighted by atomic mass is 35.5. The fourth-order valence-corrected chi connectivity index (χ4v) is 3.25. The van der Waals surface area contributed by atoms with Crippen molar-refractivity contribution in [1.82, 2.24) is 4.98 Å². The highest BCUT2D eigenvalue weighted by Crippen LogP contribution is 2.36. The molecule has 0 fully saturated rings. The van der Waals surface area contributed by atoms with Gasteiger partial charge >= 0.3 is 0 Å². The van der Waals surface area contributed by atoms with Gasteiger partial charge in [0, 0.05) is 27.6 Å². The lowest BCUT2D eigenvalue weighted by molar-refractivity contribution is 0.112. The highest BCUT2D eigenvalue weighted by molar-refractivity contribution is 7.84. The highest BCUT2D eigenvalue weighted by Gasteiger charge is 2.19. The summed E-state index contributed by atoms with van der Waals surface area (Å²) < 4.78 is 17.1. The molecule has 3 aromatic rings. The maximum atomic E-state index is 11.4. The molecule has 6 nitrogen and oxygen atoms in total. The third kappa shape index (κ3) is 4.95. The normalized spacial score (nSPS) is 11.3. The number of nitrogens with two attached hydrogens (primary N) is 1. The van der Waals surface area contributed by atoms with Gasteiger partial charge in [0.15, 0.2) is 12.0 Å². The Morgan fingerprint density at radius 2 is 1.70 bits per heavy atom. The van der Waals surface area contributed by atoms with Crippen LogP contribution in [0.2, 0.25) is 10.0 Å². The summed E-state index contributed by atoms with van der Waals surface area (Å²) >= 11 is 12.3. The van der Waals surface area contributed by atoms with Gasteiger partial charge in [0.05, 0.1) is 15.6 Å². The number of nitrogens with zero attached hydrogens (tertiary/aromatic N) is 1. The summed E-state index contributed by atoms with van der Waals surface area (Å²) in [5, 5.41) is 3.71. The third-order valence-electron chi connectivity index (χ3n) is 3.39. The second kappa shape index (κ2) is 9.66. The van der Waals surface area contributed by atoms with E-state index in [1.54, 1.807) is 48.7 Å². The first-order valence-corrected chi connectivity index (χ1v) is 9.99. The molecule has 2 aromatic carbocycles. The van der Waals surface area contributed by atoms with Crippen molar-refractivity contribution in [3.05, 3.63) is 58.2 Å². The van der Waals surface area contributed by atoms with Crippen LogP contribution in [-0.4, -0.2) is 28.8 Å². The Morgan fingerprint density at radius 1 is 1.11 bits per heavy atom. The number of aromatic nitrogens is 1. The minimum absolute atomic E-state index is 0.0918. The van der Waals surface area contributed by atoms with E-state index < -0.39 is 10.8 Å². The van der Waals surface area contributed by atoms with E-state index in [9.17, 15) is 9.00 Å². The molecule has 1 aromatic heterocycles. The van der Waals surface area contributed by atoms with E-state index in [0.717, 1.165) is 0 Å². The van der Waals surface area contributed by atoms with Gasteiger partial charge in [-0.05, 0) is 43.4 Å². The van der Waals surface area contributed by atoms with Crippen LogP contribution in [0.3, 0.4) is 0 Å². The second-order valence-corrected chi connectivity index (χ2v) is 7.25.